The summed E-state index contributed by atoms with van der Waals surface area (Å²) in [5.74, 6) is 1.83. The van der Waals surface area contributed by atoms with Crippen LogP contribution in [0.15, 0.2) is 24.3 Å². The molecule has 0 radical (unpaired) electrons. The SMILES string of the molecule is CC(C)(C)C1CCC(N)C(SCc2ccc(Cl)cc2)C1. The van der Waals surface area contributed by atoms with Gasteiger partial charge in [-0.25, -0.2) is 0 Å². The largest absolute Gasteiger partial charge is 0.327 e. The number of rotatable bonds is 3. The third-order valence-electron chi connectivity index (χ3n) is 4.44. The monoisotopic (exact) mass is 311 g/mol. The highest BCUT2D eigenvalue weighted by molar-refractivity contribution is 7.99. The molecule has 2 rings (SSSR count). The summed E-state index contributed by atoms with van der Waals surface area (Å²) in [5, 5.41) is 1.39. The molecule has 0 spiro atoms. The highest BCUT2D eigenvalue weighted by Gasteiger charge is 2.34. The smallest absolute Gasteiger partial charge is 0.0406 e. The zero-order valence-electron chi connectivity index (χ0n) is 12.7. The van der Waals surface area contributed by atoms with Gasteiger partial charge in [-0.05, 0) is 48.3 Å². The lowest BCUT2D eigenvalue weighted by Crippen LogP contribution is -2.41. The minimum atomic E-state index is 0.353. The molecule has 1 aliphatic carbocycles. The molecule has 1 aliphatic rings. The fourth-order valence-corrected chi connectivity index (χ4v) is 4.39. The lowest BCUT2D eigenvalue weighted by atomic mass is 9.71. The molecule has 0 aromatic heterocycles. The minimum absolute atomic E-state index is 0.353. The quantitative estimate of drug-likeness (QED) is 0.839. The predicted octanol–water partition coefficient (Wildman–Crippen LogP) is 5.12. The van der Waals surface area contributed by atoms with Crippen molar-refractivity contribution >= 4 is 23.4 Å². The van der Waals surface area contributed by atoms with Gasteiger partial charge in [-0.2, -0.15) is 11.8 Å². The molecule has 0 aliphatic heterocycles. The van der Waals surface area contributed by atoms with Gasteiger partial charge >= 0.3 is 0 Å². The van der Waals surface area contributed by atoms with Gasteiger partial charge in [0.1, 0.15) is 0 Å². The molecule has 3 unspecified atom stereocenters. The fourth-order valence-electron chi connectivity index (χ4n) is 2.91. The first kappa shape index (κ1) is 16.2. The Hall–Kier alpha value is -0.180. The fraction of sp³-hybridized carbons (Fsp3) is 0.647. The molecule has 3 heteroatoms. The Labute approximate surface area is 132 Å². The average molecular weight is 312 g/mol. The number of halogens is 1. The highest BCUT2D eigenvalue weighted by atomic mass is 35.5. The second-order valence-corrected chi connectivity index (χ2v) is 8.68. The van der Waals surface area contributed by atoms with Crippen molar-refractivity contribution < 1.29 is 0 Å². The summed E-state index contributed by atoms with van der Waals surface area (Å²) in [7, 11) is 0. The number of benzene rings is 1. The Morgan fingerprint density at radius 2 is 1.85 bits per heavy atom. The topological polar surface area (TPSA) is 26.0 Å². The number of nitrogens with two attached hydrogens (primary N) is 1. The predicted molar refractivity (Wildman–Crippen MR) is 91.3 cm³/mol. The van der Waals surface area contributed by atoms with Crippen molar-refractivity contribution in [3.63, 3.8) is 0 Å². The number of hydrogen-bond donors (Lipinski definition) is 1. The maximum atomic E-state index is 6.33. The van der Waals surface area contributed by atoms with Crippen molar-refractivity contribution in [3.05, 3.63) is 34.9 Å². The van der Waals surface area contributed by atoms with Gasteiger partial charge in [0.2, 0.25) is 0 Å². The van der Waals surface area contributed by atoms with Crippen LogP contribution in [0.25, 0.3) is 0 Å². The standard InChI is InChI=1S/C17H26ClNS/c1-17(2,3)13-6-9-15(19)16(10-13)20-11-12-4-7-14(18)8-5-12/h4-5,7-8,13,15-16H,6,9-11,19H2,1-3H3. The van der Waals surface area contributed by atoms with Gasteiger partial charge in [0.05, 0.1) is 0 Å². The average Bonchev–Trinajstić information content (AvgIpc) is 2.38. The molecule has 2 N–H and O–H groups in total. The van der Waals surface area contributed by atoms with Crippen LogP contribution in [0.5, 0.6) is 0 Å². The van der Waals surface area contributed by atoms with Crippen LogP contribution in [0.3, 0.4) is 0 Å². The third kappa shape index (κ3) is 4.41. The van der Waals surface area contributed by atoms with E-state index >= 15 is 0 Å². The van der Waals surface area contributed by atoms with Crippen molar-refractivity contribution in [2.24, 2.45) is 17.1 Å². The van der Waals surface area contributed by atoms with Gasteiger partial charge < -0.3 is 5.73 Å². The lowest BCUT2D eigenvalue weighted by molar-refractivity contribution is 0.174. The summed E-state index contributed by atoms with van der Waals surface area (Å²) in [6, 6.07) is 8.52. The Morgan fingerprint density at radius 3 is 2.45 bits per heavy atom. The number of thioether (sulfide) groups is 1. The molecule has 1 aromatic rings. The van der Waals surface area contributed by atoms with E-state index in [2.05, 4.69) is 32.9 Å². The molecule has 1 fully saturated rings. The van der Waals surface area contributed by atoms with Gasteiger partial charge in [0, 0.05) is 22.1 Å². The van der Waals surface area contributed by atoms with Gasteiger partial charge in [0.15, 0.2) is 0 Å². The van der Waals surface area contributed by atoms with Crippen molar-refractivity contribution in [1.29, 1.82) is 0 Å². The molecule has 0 saturated heterocycles. The zero-order chi connectivity index (χ0) is 14.8. The Bertz CT molecular complexity index is 424. The van der Waals surface area contributed by atoms with E-state index in [4.69, 9.17) is 17.3 Å². The maximum absolute atomic E-state index is 6.33. The van der Waals surface area contributed by atoms with Crippen molar-refractivity contribution in [2.75, 3.05) is 0 Å². The second-order valence-electron chi connectivity index (χ2n) is 7.02. The van der Waals surface area contributed by atoms with Gasteiger partial charge in [-0.15, -0.1) is 0 Å². The van der Waals surface area contributed by atoms with E-state index in [1.807, 2.05) is 23.9 Å². The van der Waals surface area contributed by atoms with E-state index in [0.29, 0.717) is 16.7 Å². The van der Waals surface area contributed by atoms with Crippen LogP contribution >= 0.6 is 23.4 Å². The van der Waals surface area contributed by atoms with Crippen molar-refractivity contribution in [1.82, 2.24) is 0 Å². The van der Waals surface area contributed by atoms with Gasteiger partial charge in [-0.1, -0.05) is 44.5 Å². The maximum Gasteiger partial charge on any atom is 0.0406 e. The summed E-state index contributed by atoms with van der Waals surface area (Å²) >= 11 is 7.94. The minimum Gasteiger partial charge on any atom is -0.327 e. The first-order valence-electron chi connectivity index (χ1n) is 7.48. The zero-order valence-corrected chi connectivity index (χ0v) is 14.3. The number of hydrogen-bond acceptors (Lipinski definition) is 2. The normalized spacial score (nSPS) is 27.6. The van der Waals surface area contributed by atoms with Crippen LogP contribution in [-0.2, 0) is 5.75 Å². The summed E-state index contributed by atoms with van der Waals surface area (Å²) in [6.45, 7) is 7.07. The van der Waals surface area contributed by atoms with Crippen LogP contribution in [0.2, 0.25) is 5.02 Å². The molecule has 1 saturated carbocycles. The Kier molecular flexibility index (Phi) is 5.44. The van der Waals surface area contributed by atoms with E-state index in [9.17, 15) is 0 Å². The Morgan fingerprint density at radius 1 is 1.20 bits per heavy atom. The van der Waals surface area contributed by atoms with Gasteiger partial charge in [0.25, 0.3) is 0 Å². The molecule has 112 valence electrons. The van der Waals surface area contributed by atoms with Crippen LogP contribution in [0.4, 0.5) is 0 Å². The summed E-state index contributed by atoms with van der Waals surface area (Å²) in [5.41, 5.74) is 8.07. The van der Waals surface area contributed by atoms with E-state index < -0.39 is 0 Å². The first-order chi connectivity index (χ1) is 9.36. The summed E-state index contributed by atoms with van der Waals surface area (Å²) in [6.07, 6.45) is 3.70. The van der Waals surface area contributed by atoms with E-state index in [0.717, 1.165) is 16.7 Å². The molecule has 0 heterocycles. The third-order valence-corrected chi connectivity index (χ3v) is 6.17. The molecular weight excluding hydrogens is 286 g/mol. The van der Waals surface area contributed by atoms with Crippen molar-refractivity contribution in [2.45, 2.75) is 57.1 Å². The molecule has 1 aromatic carbocycles. The van der Waals surface area contributed by atoms with Crippen LogP contribution in [0, 0.1) is 11.3 Å². The van der Waals surface area contributed by atoms with Crippen LogP contribution in [0.1, 0.15) is 45.6 Å². The summed E-state index contributed by atoms with van der Waals surface area (Å²) in [4.78, 5) is 0. The molecular formula is C17H26ClNS. The molecule has 0 bridgehead atoms. The van der Waals surface area contributed by atoms with E-state index in [1.165, 1.54) is 24.8 Å². The summed E-state index contributed by atoms with van der Waals surface area (Å²) < 4.78 is 0. The molecule has 20 heavy (non-hydrogen) atoms. The lowest BCUT2D eigenvalue weighted by Gasteiger charge is -2.40. The highest BCUT2D eigenvalue weighted by Crippen LogP contribution is 2.41. The van der Waals surface area contributed by atoms with Crippen molar-refractivity contribution in [3.8, 4) is 0 Å². The first-order valence-corrected chi connectivity index (χ1v) is 8.90. The van der Waals surface area contributed by atoms with Gasteiger partial charge in [-0.3, -0.25) is 0 Å². The molecule has 3 atom stereocenters. The van der Waals surface area contributed by atoms with Crippen LogP contribution < -0.4 is 5.73 Å². The van der Waals surface area contributed by atoms with E-state index in [1.54, 1.807) is 0 Å². The van der Waals surface area contributed by atoms with E-state index in [-0.39, 0.29) is 0 Å². The van der Waals surface area contributed by atoms with Crippen LogP contribution in [-0.4, -0.2) is 11.3 Å². The molecule has 1 nitrogen and oxygen atoms in total. The Balaban J connectivity index is 1.91. The molecule has 0 amide bonds. The second kappa shape index (κ2) is 6.72.